The Labute approximate surface area is 103 Å². The number of aromatic amines is 1. The summed E-state index contributed by atoms with van der Waals surface area (Å²) in [6.45, 7) is 1.95. The van der Waals surface area contributed by atoms with Crippen LogP contribution in [0.3, 0.4) is 0 Å². The Bertz CT molecular complexity index is 705. The highest BCUT2D eigenvalue weighted by atomic mass is 19.1. The van der Waals surface area contributed by atoms with E-state index in [4.69, 9.17) is 0 Å². The lowest BCUT2D eigenvalue weighted by Crippen LogP contribution is -1.95. The molecule has 0 saturated heterocycles. The Morgan fingerprint density at radius 1 is 1.22 bits per heavy atom. The van der Waals surface area contributed by atoms with Crippen LogP contribution in [0.4, 0.5) is 15.9 Å². The summed E-state index contributed by atoms with van der Waals surface area (Å²) in [7, 11) is 0. The first-order chi connectivity index (χ1) is 8.72. The molecule has 0 saturated carbocycles. The number of aromatic nitrogens is 3. The summed E-state index contributed by atoms with van der Waals surface area (Å²) in [5.41, 5.74) is 2.43. The molecule has 3 aromatic rings. The van der Waals surface area contributed by atoms with Crippen molar-refractivity contribution in [1.82, 2.24) is 15.0 Å². The molecule has 0 unspecified atom stereocenters. The van der Waals surface area contributed by atoms with Crippen LogP contribution in [0.1, 0.15) is 5.69 Å². The van der Waals surface area contributed by atoms with Crippen LogP contribution in [-0.2, 0) is 0 Å². The van der Waals surface area contributed by atoms with Gasteiger partial charge in [-0.1, -0.05) is 6.07 Å². The van der Waals surface area contributed by atoms with E-state index < -0.39 is 0 Å². The summed E-state index contributed by atoms with van der Waals surface area (Å²) in [5.74, 6) is 0.380. The molecule has 1 aromatic carbocycles. The molecule has 0 aliphatic heterocycles. The van der Waals surface area contributed by atoms with Crippen LogP contribution in [-0.4, -0.2) is 15.0 Å². The maximum absolute atomic E-state index is 13.1. The van der Waals surface area contributed by atoms with Gasteiger partial charge >= 0.3 is 0 Å². The summed E-state index contributed by atoms with van der Waals surface area (Å²) in [6.07, 6.45) is 1.47. The second-order valence-electron chi connectivity index (χ2n) is 4.07. The zero-order valence-corrected chi connectivity index (χ0v) is 9.74. The van der Waals surface area contributed by atoms with Gasteiger partial charge in [-0.05, 0) is 31.2 Å². The normalized spacial score (nSPS) is 10.8. The van der Waals surface area contributed by atoms with Gasteiger partial charge in [0.25, 0.3) is 0 Å². The molecule has 4 nitrogen and oxygen atoms in total. The van der Waals surface area contributed by atoms with Gasteiger partial charge in [-0.25, -0.2) is 14.4 Å². The van der Waals surface area contributed by atoms with Crippen molar-refractivity contribution in [2.75, 3.05) is 5.32 Å². The number of H-pyrrole nitrogens is 1. The van der Waals surface area contributed by atoms with E-state index in [1.165, 1.54) is 18.5 Å². The molecule has 0 fully saturated rings. The van der Waals surface area contributed by atoms with Crippen molar-refractivity contribution in [2.24, 2.45) is 0 Å². The predicted molar refractivity (Wildman–Crippen MR) is 68.3 cm³/mol. The Kier molecular flexibility index (Phi) is 2.44. The highest BCUT2D eigenvalue weighted by Gasteiger charge is 2.06. The van der Waals surface area contributed by atoms with Crippen molar-refractivity contribution in [1.29, 1.82) is 0 Å². The van der Waals surface area contributed by atoms with E-state index in [0.29, 0.717) is 11.5 Å². The molecule has 0 bridgehead atoms. The summed E-state index contributed by atoms with van der Waals surface area (Å²) in [5, 5.41) is 3.98. The van der Waals surface area contributed by atoms with Crippen molar-refractivity contribution in [3.8, 4) is 0 Å². The van der Waals surface area contributed by atoms with Crippen LogP contribution in [0, 0.1) is 12.7 Å². The van der Waals surface area contributed by atoms with Crippen LogP contribution < -0.4 is 5.32 Å². The van der Waals surface area contributed by atoms with Gasteiger partial charge in [-0.3, -0.25) is 0 Å². The summed E-state index contributed by atoms with van der Waals surface area (Å²) in [6, 6.07) is 8.22. The topological polar surface area (TPSA) is 53.6 Å². The molecule has 3 rings (SSSR count). The molecule has 5 heteroatoms. The zero-order valence-electron chi connectivity index (χ0n) is 9.74. The van der Waals surface area contributed by atoms with E-state index in [-0.39, 0.29) is 5.82 Å². The molecule has 0 aliphatic rings. The Morgan fingerprint density at radius 3 is 2.94 bits per heavy atom. The van der Waals surface area contributed by atoms with E-state index >= 15 is 0 Å². The molecule has 0 aliphatic carbocycles. The number of nitrogens with zero attached hydrogens (tertiary/aromatic N) is 2. The second kappa shape index (κ2) is 4.10. The highest BCUT2D eigenvalue weighted by Crippen LogP contribution is 2.23. The lowest BCUT2D eigenvalue weighted by atomic mass is 10.3. The summed E-state index contributed by atoms with van der Waals surface area (Å²) in [4.78, 5) is 11.5. The predicted octanol–water partition coefficient (Wildman–Crippen LogP) is 3.15. The van der Waals surface area contributed by atoms with Crippen molar-refractivity contribution >= 4 is 22.5 Å². The van der Waals surface area contributed by atoms with Gasteiger partial charge in [0.15, 0.2) is 0 Å². The number of nitrogens with one attached hydrogen (secondary N) is 2. The standard InChI is InChI=1S/C13H11FN4/c1-8-5-11-12(17-8)15-7-16-13(11)18-10-4-2-3-9(14)6-10/h2-7H,1H3,(H2,15,16,17,18). The number of hydrogen-bond donors (Lipinski definition) is 2. The Morgan fingerprint density at radius 2 is 2.11 bits per heavy atom. The van der Waals surface area contributed by atoms with Gasteiger partial charge in [0.1, 0.15) is 23.6 Å². The zero-order chi connectivity index (χ0) is 12.5. The van der Waals surface area contributed by atoms with Crippen LogP contribution in [0.2, 0.25) is 0 Å². The van der Waals surface area contributed by atoms with Gasteiger partial charge in [0.05, 0.1) is 5.39 Å². The number of anilines is 2. The Hall–Kier alpha value is -2.43. The minimum absolute atomic E-state index is 0.282. The number of rotatable bonds is 2. The number of fused-ring (bicyclic) bond motifs is 1. The molecule has 2 N–H and O–H groups in total. The molecule has 2 aromatic heterocycles. The van der Waals surface area contributed by atoms with Gasteiger partial charge < -0.3 is 10.3 Å². The third kappa shape index (κ3) is 1.90. The Balaban J connectivity index is 2.04. The first-order valence-electron chi connectivity index (χ1n) is 5.55. The minimum Gasteiger partial charge on any atom is -0.343 e. The van der Waals surface area contributed by atoms with E-state index in [2.05, 4.69) is 20.3 Å². The van der Waals surface area contributed by atoms with Crippen LogP contribution >= 0.6 is 0 Å². The minimum atomic E-state index is -0.282. The maximum atomic E-state index is 13.1. The van der Waals surface area contributed by atoms with Crippen LogP contribution in [0.25, 0.3) is 11.0 Å². The van der Waals surface area contributed by atoms with Crippen molar-refractivity contribution in [3.05, 3.63) is 48.2 Å². The SMILES string of the molecule is Cc1cc2c(Nc3cccc(F)c3)ncnc2[nH]1. The smallest absolute Gasteiger partial charge is 0.143 e. The first kappa shape index (κ1) is 10.7. The monoisotopic (exact) mass is 242 g/mol. The third-order valence-electron chi connectivity index (χ3n) is 2.65. The van der Waals surface area contributed by atoms with Crippen molar-refractivity contribution < 1.29 is 4.39 Å². The fourth-order valence-corrected chi connectivity index (χ4v) is 1.87. The average molecular weight is 242 g/mol. The molecule has 0 radical (unpaired) electrons. The molecule has 0 atom stereocenters. The van der Waals surface area contributed by atoms with Crippen LogP contribution in [0.5, 0.6) is 0 Å². The van der Waals surface area contributed by atoms with E-state index in [9.17, 15) is 4.39 Å². The lowest BCUT2D eigenvalue weighted by Gasteiger charge is -2.05. The molecule has 0 amide bonds. The van der Waals surface area contributed by atoms with E-state index in [1.54, 1.807) is 12.1 Å². The third-order valence-corrected chi connectivity index (χ3v) is 2.65. The highest BCUT2D eigenvalue weighted by molar-refractivity contribution is 5.89. The fourth-order valence-electron chi connectivity index (χ4n) is 1.87. The molecule has 0 spiro atoms. The second-order valence-corrected chi connectivity index (χ2v) is 4.07. The summed E-state index contributed by atoms with van der Waals surface area (Å²) < 4.78 is 13.1. The summed E-state index contributed by atoms with van der Waals surface area (Å²) >= 11 is 0. The number of benzene rings is 1. The number of halogens is 1. The fraction of sp³-hybridized carbons (Fsp3) is 0.0769. The van der Waals surface area contributed by atoms with Gasteiger partial charge in [0.2, 0.25) is 0 Å². The van der Waals surface area contributed by atoms with Crippen molar-refractivity contribution in [3.63, 3.8) is 0 Å². The van der Waals surface area contributed by atoms with E-state index in [0.717, 1.165) is 16.7 Å². The number of aryl methyl sites for hydroxylation is 1. The number of hydrogen-bond acceptors (Lipinski definition) is 3. The van der Waals surface area contributed by atoms with Gasteiger partial charge in [-0.15, -0.1) is 0 Å². The largest absolute Gasteiger partial charge is 0.343 e. The molecule has 2 heterocycles. The van der Waals surface area contributed by atoms with Gasteiger partial charge in [0, 0.05) is 11.4 Å². The molecular weight excluding hydrogens is 231 g/mol. The first-order valence-corrected chi connectivity index (χ1v) is 5.55. The lowest BCUT2D eigenvalue weighted by molar-refractivity contribution is 0.628. The maximum Gasteiger partial charge on any atom is 0.143 e. The molecule has 90 valence electrons. The van der Waals surface area contributed by atoms with Gasteiger partial charge in [-0.2, -0.15) is 0 Å². The van der Waals surface area contributed by atoms with Crippen LogP contribution in [0.15, 0.2) is 36.7 Å². The molecular formula is C13H11FN4. The van der Waals surface area contributed by atoms with E-state index in [1.807, 2.05) is 13.0 Å². The van der Waals surface area contributed by atoms with Crippen molar-refractivity contribution in [2.45, 2.75) is 6.92 Å². The quantitative estimate of drug-likeness (QED) is 0.725. The average Bonchev–Trinajstić information content (AvgIpc) is 2.71. The molecule has 18 heavy (non-hydrogen) atoms.